The summed E-state index contributed by atoms with van der Waals surface area (Å²) in [6, 6.07) is 7.76. The summed E-state index contributed by atoms with van der Waals surface area (Å²) in [6.07, 6.45) is 7.41. The average molecular weight is 363 g/mol. The Hall–Kier alpha value is -3.09. The van der Waals surface area contributed by atoms with Crippen molar-refractivity contribution in [3.63, 3.8) is 0 Å². The van der Waals surface area contributed by atoms with Gasteiger partial charge in [0.2, 0.25) is 11.7 Å². The van der Waals surface area contributed by atoms with Crippen LogP contribution in [-0.2, 0) is 6.42 Å². The predicted octanol–water partition coefficient (Wildman–Crippen LogP) is 2.93. The van der Waals surface area contributed by atoms with Crippen LogP contribution in [0.3, 0.4) is 0 Å². The van der Waals surface area contributed by atoms with Gasteiger partial charge >= 0.3 is 0 Å². The molecule has 0 aliphatic carbocycles. The number of amides is 1. The van der Waals surface area contributed by atoms with E-state index in [1.54, 1.807) is 18.6 Å². The monoisotopic (exact) mass is 363 g/mol. The Bertz CT molecular complexity index is 917. The van der Waals surface area contributed by atoms with Crippen LogP contribution >= 0.6 is 0 Å². The minimum absolute atomic E-state index is 0.111. The zero-order chi connectivity index (χ0) is 18.6. The van der Waals surface area contributed by atoms with Gasteiger partial charge in [0.05, 0.1) is 6.20 Å². The standard InChI is InChI=1S/C20H21N5O2/c1-14-3-2-4-16(11-14)20(26)25-9-5-15(6-10-25)12-18-23-19(24-27-18)17-13-21-7-8-22-17/h2-4,7-8,11,13,15H,5-6,9-10,12H2,1H3. The SMILES string of the molecule is Cc1cccc(C(=O)N2CCC(Cc3nc(-c4cnccn4)no3)CC2)c1. The van der Waals surface area contributed by atoms with E-state index in [1.807, 2.05) is 36.1 Å². The molecule has 4 rings (SSSR count). The van der Waals surface area contributed by atoms with E-state index in [0.717, 1.165) is 43.5 Å². The largest absolute Gasteiger partial charge is 0.339 e. The highest BCUT2D eigenvalue weighted by molar-refractivity contribution is 5.94. The number of carbonyl (C=O) groups is 1. The van der Waals surface area contributed by atoms with Gasteiger partial charge in [-0.25, -0.2) is 4.98 Å². The second kappa shape index (κ2) is 7.65. The molecular formula is C20H21N5O2. The summed E-state index contributed by atoms with van der Waals surface area (Å²) in [7, 11) is 0. The van der Waals surface area contributed by atoms with Crippen LogP contribution < -0.4 is 0 Å². The van der Waals surface area contributed by atoms with Gasteiger partial charge in [0.1, 0.15) is 5.69 Å². The number of aryl methyl sites for hydroxylation is 1. The third kappa shape index (κ3) is 4.02. The maximum absolute atomic E-state index is 12.6. The van der Waals surface area contributed by atoms with Gasteiger partial charge in [0.25, 0.3) is 5.91 Å². The molecular weight excluding hydrogens is 342 g/mol. The number of hydrogen-bond donors (Lipinski definition) is 0. The van der Waals surface area contributed by atoms with E-state index >= 15 is 0 Å². The fourth-order valence-electron chi connectivity index (χ4n) is 3.40. The first-order valence-corrected chi connectivity index (χ1v) is 9.14. The van der Waals surface area contributed by atoms with Gasteiger partial charge in [-0.2, -0.15) is 4.98 Å². The quantitative estimate of drug-likeness (QED) is 0.708. The summed E-state index contributed by atoms with van der Waals surface area (Å²) in [5, 5.41) is 3.99. The third-order valence-electron chi connectivity index (χ3n) is 4.89. The summed E-state index contributed by atoms with van der Waals surface area (Å²) < 4.78 is 5.37. The van der Waals surface area contributed by atoms with Crippen molar-refractivity contribution in [2.75, 3.05) is 13.1 Å². The molecule has 1 saturated heterocycles. The second-order valence-electron chi connectivity index (χ2n) is 6.91. The number of likely N-dealkylation sites (tertiary alicyclic amines) is 1. The highest BCUT2D eigenvalue weighted by atomic mass is 16.5. The molecule has 0 N–H and O–H groups in total. The predicted molar refractivity (Wildman–Crippen MR) is 98.8 cm³/mol. The van der Waals surface area contributed by atoms with Crippen molar-refractivity contribution < 1.29 is 9.32 Å². The summed E-state index contributed by atoms with van der Waals surface area (Å²) in [4.78, 5) is 27.2. The van der Waals surface area contributed by atoms with Crippen molar-refractivity contribution in [3.8, 4) is 11.5 Å². The van der Waals surface area contributed by atoms with Crippen LogP contribution in [-0.4, -0.2) is 44.0 Å². The highest BCUT2D eigenvalue weighted by Crippen LogP contribution is 2.23. The molecule has 1 aliphatic heterocycles. The summed E-state index contributed by atoms with van der Waals surface area (Å²) in [5.41, 5.74) is 2.47. The van der Waals surface area contributed by atoms with Crippen LogP contribution in [0.1, 0.15) is 34.7 Å². The molecule has 0 radical (unpaired) electrons. The smallest absolute Gasteiger partial charge is 0.253 e. The molecule has 1 fully saturated rings. The number of hydrogen-bond acceptors (Lipinski definition) is 6. The van der Waals surface area contributed by atoms with Gasteiger partial charge in [-0.05, 0) is 37.8 Å². The Morgan fingerprint density at radius 1 is 1.26 bits per heavy atom. The lowest BCUT2D eigenvalue weighted by Gasteiger charge is -2.31. The van der Waals surface area contributed by atoms with Gasteiger partial charge in [-0.15, -0.1) is 0 Å². The van der Waals surface area contributed by atoms with E-state index in [2.05, 4.69) is 20.1 Å². The Morgan fingerprint density at radius 2 is 2.11 bits per heavy atom. The Kier molecular flexibility index (Phi) is 4.91. The normalized spacial score (nSPS) is 15.1. The van der Waals surface area contributed by atoms with Crippen molar-refractivity contribution in [1.82, 2.24) is 25.0 Å². The molecule has 0 bridgehead atoms. The zero-order valence-electron chi connectivity index (χ0n) is 15.2. The van der Waals surface area contributed by atoms with E-state index in [1.165, 1.54) is 0 Å². The first-order valence-electron chi connectivity index (χ1n) is 9.14. The van der Waals surface area contributed by atoms with Gasteiger partial charge in [0, 0.05) is 37.5 Å². The highest BCUT2D eigenvalue weighted by Gasteiger charge is 2.25. The Morgan fingerprint density at radius 3 is 2.85 bits per heavy atom. The van der Waals surface area contributed by atoms with Crippen molar-refractivity contribution in [3.05, 3.63) is 59.9 Å². The number of benzene rings is 1. The minimum Gasteiger partial charge on any atom is -0.339 e. The molecule has 3 aromatic rings. The zero-order valence-corrected chi connectivity index (χ0v) is 15.2. The lowest BCUT2D eigenvalue weighted by molar-refractivity contribution is 0.0687. The molecule has 0 atom stereocenters. The van der Waals surface area contributed by atoms with Crippen LogP contribution in [0.2, 0.25) is 0 Å². The number of aromatic nitrogens is 4. The van der Waals surface area contributed by atoms with Crippen molar-refractivity contribution in [2.45, 2.75) is 26.2 Å². The van der Waals surface area contributed by atoms with Crippen molar-refractivity contribution in [2.24, 2.45) is 5.92 Å². The van der Waals surface area contributed by atoms with Crippen LogP contribution in [0.4, 0.5) is 0 Å². The third-order valence-corrected chi connectivity index (χ3v) is 4.89. The van der Waals surface area contributed by atoms with E-state index < -0.39 is 0 Å². The number of nitrogens with zero attached hydrogens (tertiary/aromatic N) is 5. The van der Waals surface area contributed by atoms with Gasteiger partial charge in [0.15, 0.2) is 0 Å². The Balaban J connectivity index is 1.33. The lowest BCUT2D eigenvalue weighted by atomic mass is 9.93. The summed E-state index contributed by atoms with van der Waals surface area (Å²) >= 11 is 0. The second-order valence-corrected chi connectivity index (χ2v) is 6.91. The van der Waals surface area contributed by atoms with Crippen LogP contribution in [0.5, 0.6) is 0 Å². The molecule has 3 heterocycles. The molecule has 0 spiro atoms. The van der Waals surface area contributed by atoms with Crippen molar-refractivity contribution in [1.29, 1.82) is 0 Å². The van der Waals surface area contributed by atoms with E-state index in [4.69, 9.17) is 4.52 Å². The Labute approximate surface area is 157 Å². The molecule has 7 nitrogen and oxygen atoms in total. The molecule has 0 saturated carbocycles. The van der Waals surface area contributed by atoms with Gasteiger partial charge in [-0.3, -0.25) is 9.78 Å². The number of carbonyl (C=O) groups excluding carboxylic acids is 1. The molecule has 1 aromatic carbocycles. The summed E-state index contributed by atoms with van der Waals surface area (Å²) in [5.74, 6) is 1.62. The van der Waals surface area contributed by atoms with Crippen LogP contribution in [0, 0.1) is 12.8 Å². The maximum atomic E-state index is 12.6. The molecule has 0 unspecified atom stereocenters. The van der Waals surface area contributed by atoms with E-state index in [-0.39, 0.29) is 5.91 Å². The van der Waals surface area contributed by atoms with Crippen LogP contribution in [0.15, 0.2) is 47.4 Å². The lowest BCUT2D eigenvalue weighted by Crippen LogP contribution is -2.38. The van der Waals surface area contributed by atoms with Gasteiger partial charge < -0.3 is 9.42 Å². The first kappa shape index (κ1) is 17.3. The van der Waals surface area contributed by atoms with Crippen molar-refractivity contribution >= 4 is 5.91 Å². The fraction of sp³-hybridized carbons (Fsp3) is 0.350. The maximum Gasteiger partial charge on any atom is 0.253 e. The molecule has 1 amide bonds. The molecule has 27 heavy (non-hydrogen) atoms. The van der Waals surface area contributed by atoms with E-state index in [9.17, 15) is 4.79 Å². The minimum atomic E-state index is 0.111. The molecule has 2 aromatic heterocycles. The fourth-order valence-corrected chi connectivity index (χ4v) is 3.40. The first-order chi connectivity index (χ1) is 13.2. The molecule has 1 aliphatic rings. The van der Waals surface area contributed by atoms with E-state index in [0.29, 0.717) is 23.3 Å². The molecule has 7 heteroatoms. The molecule has 138 valence electrons. The van der Waals surface area contributed by atoms with Gasteiger partial charge in [-0.1, -0.05) is 22.9 Å². The average Bonchev–Trinajstić information content (AvgIpc) is 3.17. The summed E-state index contributed by atoms with van der Waals surface area (Å²) in [6.45, 7) is 3.51. The number of piperidine rings is 1. The number of rotatable bonds is 4. The topological polar surface area (TPSA) is 85.0 Å². The van der Waals surface area contributed by atoms with Crippen LogP contribution in [0.25, 0.3) is 11.5 Å².